The molecule has 130 valence electrons. The number of nitrogens with one attached hydrogen (secondary N) is 1. The summed E-state index contributed by atoms with van der Waals surface area (Å²) in [5.41, 5.74) is 5.34. The van der Waals surface area contributed by atoms with Crippen molar-refractivity contribution in [1.29, 1.82) is 0 Å². The van der Waals surface area contributed by atoms with Crippen LogP contribution in [0, 0.1) is 6.92 Å². The van der Waals surface area contributed by atoms with Crippen molar-refractivity contribution < 1.29 is 0 Å². The van der Waals surface area contributed by atoms with E-state index in [1.54, 1.807) is 0 Å². The number of aryl methyl sites for hydroxylation is 2. The van der Waals surface area contributed by atoms with Gasteiger partial charge >= 0.3 is 0 Å². The maximum atomic E-state index is 4.47. The molecule has 0 fully saturated rings. The standard InChI is InChI=1S/C21H21N5/c1-16-8-10-17(11-9-16)20-15-26(25-24-20)14-4-13-22-19-7-2-5-18-6-3-12-23-21(18)19/h2-3,5-12,15,22H,4,13-14H2,1H3. The monoisotopic (exact) mass is 343 g/mol. The SMILES string of the molecule is Cc1ccc(-c2cn(CCCNc3cccc4cccnc34)nn2)cc1. The number of anilines is 1. The second-order valence-electron chi connectivity index (χ2n) is 6.39. The molecule has 0 unspecified atom stereocenters. The highest BCUT2D eigenvalue weighted by Crippen LogP contribution is 2.20. The lowest BCUT2D eigenvalue weighted by atomic mass is 10.1. The maximum absolute atomic E-state index is 4.47. The van der Waals surface area contributed by atoms with E-state index < -0.39 is 0 Å². The summed E-state index contributed by atoms with van der Waals surface area (Å²) in [5, 5.41) is 13.1. The predicted molar refractivity (Wildman–Crippen MR) is 105 cm³/mol. The summed E-state index contributed by atoms with van der Waals surface area (Å²) in [5.74, 6) is 0. The molecule has 0 saturated heterocycles. The Balaban J connectivity index is 1.34. The molecule has 1 N–H and O–H groups in total. The van der Waals surface area contributed by atoms with E-state index in [1.807, 2.05) is 23.1 Å². The first-order chi connectivity index (χ1) is 12.8. The van der Waals surface area contributed by atoms with Crippen LogP contribution in [0.3, 0.4) is 0 Å². The fourth-order valence-electron chi connectivity index (χ4n) is 2.98. The summed E-state index contributed by atoms with van der Waals surface area (Å²) in [6.45, 7) is 3.76. The molecular formula is C21H21N5. The molecule has 0 atom stereocenters. The average molecular weight is 343 g/mol. The predicted octanol–water partition coefficient (Wildman–Crippen LogP) is 4.30. The van der Waals surface area contributed by atoms with Crippen molar-refractivity contribution in [3.05, 3.63) is 72.6 Å². The van der Waals surface area contributed by atoms with Gasteiger partial charge in [0.25, 0.3) is 0 Å². The van der Waals surface area contributed by atoms with Crippen molar-refractivity contribution in [1.82, 2.24) is 20.0 Å². The third-order valence-electron chi connectivity index (χ3n) is 4.40. The lowest BCUT2D eigenvalue weighted by Crippen LogP contribution is -2.07. The van der Waals surface area contributed by atoms with Gasteiger partial charge in [0.15, 0.2) is 0 Å². The Labute approximate surface area is 152 Å². The average Bonchev–Trinajstić information content (AvgIpc) is 3.15. The van der Waals surface area contributed by atoms with Crippen LogP contribution >= 0.6 is 0 Å². The van der Waals surface area contributed by atoms with Crippen LogP contribution in [0.2, 0.25) is 0 Å². The summed E-state index contributed by atoms with van der Waals surface area (Å²) in [6.07, 6.45) is 4.79. The highest BCUT2D eigenvalue weighted by Gasteiger charge is 2.04. The van der Waals surface area contributed by atoms with Gasteiger partial charge in [-0.25, -0.2) is 0 Å². The highest BCUT2D eigenvalue weighted by atomic mass is 15.4. The second-order valence-corrected chi connectivity index (χ2v) is 6.39. The molecule has 0 aliphatic heterocycles. The van der Waals surface area contributed by atoms with Crippen molar-refractivity contribution >= 4 is 16.6 Å². The molecule has 0 amide bonds. The van der Waals surface area contributed by atoms with Crippen molar-refractivity contribution in [2.75, 3.05) is 11.9 Å². The van der Waals surface area contributed by atoms with Gasteiger partial charge < -0.3 is 5.32 Å². The molecule has 0 aliphatic rings. The number of pyridine rings is 1. The van der Waals surface area contributed by atoms with Gasteiger partial charge in [-0.05, 0) is 25.5 Å². The van der Waals surface area contributed by atoms with E-state index in [0.29, 0.717) is 0 Å². The van der Waals surface area contributed by atoms with E-state index in [4.69, 9.17) is 0 Å². The van der Waals surface area contributed by atoms with Gasteiger partial charge in [0.1, 0.15) is 5.69 Å². The number of nitrogens with zero attached hydrogens (tertiary/aromatic N) is 4. The van der Waals surface area contributed by atoms with Gasteiger partial charge in [0.2, 0.25) is 0 Å². The fourth-order valence-corrected chi connectivity index (χ4v) is 2.98. The van der Waals surface area contributed by atoms with E-state index in [-0.39, 0.29) is 0 Å². The van der Waals surface area contributed by atoms with Crippen LogP contribution in [0.1, 0.15) is 12.0 Å². The number of hydrogen-bond donors (Lipinski definition) is 1. The Morgan fingerprint density at radius 1 is 1.00 bits per heavy atom. The largest absolute Gasteiger partial charge is 0.383 e. The molecule has 0 saturated carbocycles. The van der Waals surface area contributed by atoms with Crippen LogP contribution < -0.4 is 5.32 Å². The van der Waals surface area contributed by atoms with E-state index in [2.05, 4.69) is 76.1 Å². The molecule has 2 aromatic carbocycles. The van der Waals surface area contributed by atoms with Gasteiger partial charge in [0.05, 0.1) is 17.4 Å². The van der Waals surface area contributed by atoms with Crippen molar-refractivity contribution in [3.8, 4) is 11.3 Å². The third kappa shape index (κ3) is 3.57. The zero-order valence-corrected chi connectivity index (χ0v) is 14.8. The van der Waals surface area contributed by atoms with Crippen molar-refractivity contribution in [3.63, 3.8) is 0 Å². The van der Waals surface area contributed by atoms with Crippen LogP contribution in [-0.2, 0) is 6.54 Å². The lowest BCUT2D eigenvalue weighted by Gasteiger charge is -2.08. The van der Waals surface area contributed by atoms with Gasteiger partial charge in [0, 0.05) is 30.2 Å². The summed E-state index contributed by atoms with van der Waals surface area (Å²) in [4.78, 5) is 4.47. The van der Waals surface area contributed by atoms with Gasteiger partial charge in [-0.3, -0.25) is 9.67 Å². The minimum absolute atomic E-state index is 0.823. The number of aromatic nitrogens is 4. The van der Waals surface area contributed by atoms with Crippen LogP contribution in [0.4, 0.5) is 5.69 Å². The van der Waals surface area contributed by atoms with Crippen LogP contribution in [0.5, 0.6) is 0 Å². The molecule has 4 aromatic rings. The first-order valence-corrected chi connectivity index (χ1v) is 8.84. The first-order valence-electron chi connectivity index (χ1n) is 8.84. The highest BCUT2D eigenvalue weighted by molar-refractivity contribution is 5.90. The molecule has 5 nitrogen and oxygen atoms in total. The molecule has 0 bridgehead atoms. The second kappa shape index (κ2) is 7.35. The van der Waals surface area contributed by atoms with Crippen molar-refractivity contribution in [2.45, 2.75) is 19.9 Å². The molecule has 0 aliphatic carbocycles. The molecule has 2 aromatic heterocycles. The Hall–Kier alpha value is -3.21. The van der Waals surface area contributed by atoms with Crippen molar-refractivity contribution in [2.24, 2.45) is 0 Å². The fraction of sp³-hybridized carbons (Fsp3) is 0.190. The Morgan fingerprint density at radius 3 is 2.73 bits per heavy atom. The van der Waals surface area contributed by atoms with Crippen LogP contribution in [0.15, 0.2) is 67.0 Å². The molecule has 0 radical (unpaired) electrons. The number of para-hydroxylation sites is 1. The molecular weight excluding hydrogens is 322 g/mol. The number of fused-ring (bicyclic) bond motifs is 1. The molecule has 2 heterocycles. The topological polar surface area (TPSA) is 55.6 Å². The molecule has 0 spiro atoms. The van der Waals surface area contributed by atoms with E-state index in [0.717, 1.165) is 47.4 Å². The normalized spacial score (nSPS) is 11.0. The summed E-state index contributed by atoms with van der Waals surface area (Å²) in [7, 11) is 0. The van der Waals surface area contributed by atoms with Gasteiger partial charge in [-0.15, -0.1) is 5.10 Å². The minimum atomic E-state index is 0.823. The van der Waals surface area contributed by atoms with E-state index >= 15 is 0 Å². The lowest BCUT2D eigenvalue weighted by molar-refractivity contribution is 0.570. The van der Waals surface area contributed by atoms with Crippen LogP contribution in [-0.4, -0.2) is 26.5 Å². The van der Waals surface area contributed by atoms with Gasteiger partial charge in [-0.1, -0.05) is 53.2 Å². The molecule has 4 rings (SSSR count). The molecule has 26 heavy (non-hydrogen) atoms. The van der Waals surface area contributed by atoms with E-state index in [1.165, 1.54) is 5.56 Å². The Bertz CT molecular complexity index is 999. The maximum Gasteiger partial charge on any atom is 0.113 e. The Morgan fingerprint density at radius 2 is 1.85 bits per heavy atom. The minimum Gasteiger partial charge on any atom is -0.383 e. The summed E-state index contributed by atoms with van der Waals surface area (Å²) < 4.78 is 1.90. The van der Waals surface area contributed by atoms with Crippen LogP contribution in [0.25, 0.3) is 22.2 Å². The quantitative estimate of drug-likeness (QED) is 0.530. The smallest absolute Gasteiger partial charge is 0.113 e. The third-order valence-corrected chi connectivity index (χ3v) is 4.40. The number of benzene rings is 2. The number of rotatable bonds is 6. The number of hydrogen-bond acceptors (Lipinski definition) is 4. The zero-order chi connectivity index (χ0) is 17.8. The zero-order valence-electron chi connectivity index (χ0n) is 14.8. The molecule has 5 heteroatoms. The Kier molecular flexibility index (Phi) is 4.60. The first kappa shape index (κ1) is 16.3. The van der Waals surface area contributed by atoms with Gasteiger partial charge in [-0.2, -0.15) is 0 Å². The summed E-state index contributed by atoms with van der Waals surface area (Å²) in [6, 6.07) is 18.6. The van der Waals surface area contributed by atoms with E-state index in [9.17, 15) is 0 Å². The summed E-state index contributed by atoms with van der Waals surface area (Å²) >= 11 is 0.